The van der Waals surface area contributed by atoms with Crippen molar-refractivity contribution < 1.29 is 14.0 Å². The number of halogens is 1. The average molecular weight is 376 g/mol. The van der Waals surface area contributed by atoms with Gasteiger partial charge in [0, 0.05) is 28.5 Å². The van der Waals surface area contributed by atoms with Gasteiger partial charge in [0.25, 0.3) is 11.8 Å². The maximum Gasteiger partial charge on any atom is 0.287 e. The maximum absolute atomic E-state index is 12.1. The summed E-state index contributed by atoms with van der Waals surface area (Å²) in [5.41, 5.74) is 1.37. The fraction of sp³-hybridized carbons (Fsp3) is 0.125. The summed E-state index contributed by atoms with van der Waals surface area (Å²) in [7, 11) is 0. The summed E-state index contributed by atoms with van der Waals surface area (Å²) in [5, 5.41) is 6.37. The summed E-state index contributed by atoms with van der Waals surface area (Å²) in [6, 6.07) is 10.8. The van der Waals surface area contributed by atoms with E-state index < -0.39 is 0 Å². The molecular formula is C16H14BrN3O3. The Morgan fingerprint density at radius 3 is 2.61 bits per heavy atom. The van der Waals surface area contributed by atoms with Crippen molar-refractivity contribution in [3.63, 3.8) is 0 Å². The molecule has 3 aromatic rings. The predicted molar refractivity (Wildman–Crippen MR) is 89.4 cm³/mol. The minimum absolute atomic E-state index is 0.218. The zero-order valence-electron chi connectivity index (χ0n) is 12.1. The number of fused-ring (bicyclic) bond motifs is 1. The molecule has 118 valence electrons. The summed E-state index contributed by atoms with van der Waals surface area (Å²) < 4.78 is 5.92. The van der Waals surface area contributed by atoms with Gasteiger partial charge in [0.05, 0.1) is 6.26 Å². The van der Waals surface area contributed by atoms with Gasteiger partial charge in [0.2, 0.25) is 0 Å². The van der Waals surface area contributed by atoms with Gasteiger partial charge in [-0.25, -0.2) is 0 Å². The van der Waals surface area contributed by atoms with E-state index in [9.17, 15) is 9.59 Å². The number of carbonyl (C=O) groups is 2. The minimum Gasteiger partial charge on any atom is -0.459 e. The van der Waals surface area contributed by atoms with Crippen LogP contribution in [0.2, 0.25) is 0 Å². The van der Waals surface area contributed by atoms with Crippen LogP contribution in [0, 0.1) is 0 Å². The van der Waals surface area contributed by atoms with Crippen molar-refractivity contribution in [2.45, 2.75) is 0 Å². The molecule has 0 aliphatic carbocycles. The van der Waals surface area contributed by atoms with E-state index >= 15 is 0 Å². The lowest BCUT2D eigenvalue weighted by molar-refractivity contribution is 0.0909. The molecule has 0 bridgehead atoms. The summed E-state index contributed by atoms with van der Waals surface area (Å²) >= 11 is 3.39. The number of furan rings is 1. The molecule has 0 aliphatic rings. The molecule has 2 aromatic heterocycles. The largest absolute Gasteiger partial charge is 0.459 e. The molecule has 0 spiro atoms. The van der Waals surface area contributed by atoms with E-state index in [2.05, 4.69) is 31.5 Å². The fourth-order valence-electron chi connectivity index (χ4n) is 2.16. The molecule has 0 aliphatic heterocycles. The number of benzene rings is 1. The maximum atomic E-state index is 12.1. The smallest absolute Gasteiger partial charge is 0.287 e. The van der Waals surface area contributed by atoms with Crippen LogP contribution in [0.1, 0.15) is 21.0 Å². The average Bonchev–Trinajstić information content (AvgIpc) is 3.19. The number of H-pyrrole nitrogens is 1. The second-order valence-corrected chi connectivity index (χ2v) is 5.82. The lowest BCUT2D eigenvalue weighted by Gasteiger charge is -2.05. The molecule has 0 unspecified atom stereocenters. The van der Waals surface area contributed by atoms with Crippen LogP contribution in [-0.4, -0.2) is 29.9 Å². The normalized spacial score (nSPS) is 10.7. The predicted octanol–water partition coefficient (Wildman–Crippen LogP) is 2.68. The number of aromatic amines is 1. The number of hydrogen-bond acceptors (Lipinski definition) is 3. The minimum atomic E-state index is -0.306. The third-order valence-corrected chi connectivity index (χ3v) is 3.76. The van der Waals surface area contributed by atoms with Gasteiger partial charge >= 0.3 is 0 Å². The molecule has 3 rings (SSSR count). The molecule has 0 saturated carbocycles. The Morgan fingerprint density at radius 2 is 1.87 bits per heavy atom. The Labute approximate surface area is 140 Å². The molecule has 3 N–H and O–H groups in total. The van der Waals surface area contributed by atoms with E-state index in [0.717, 1.165) is 15.4 Å². The topological polar surface area (TPSA) is 87.1 Å². The van der Waals surface area contributed by atoms with E-state index in [-0.39, 0.29) is 17.6 Å². The number of nitrogens with one attached hydrogen (secondary N) is 3. The van der Waals surface area contributed by atoms with E-state index in [1.54, 1.807) is 18.2 Å². The Hall–Kier alpha value is -2.54. The van der Waals surface area contributed by atoms with Crippen molar-refractivity contribution in [2.24, 2.45) is 0 Å². The van der Waals surface area contributed by atoms with E-state index in [1.165, 1.54) is 6.26 Å². The summed E-state index contributed by atoms with van der Waals surface area (Å²) in [5.74, 6) is -0.276. The second-order valence-electron chi connectivity index (χ2n) is 4.90. The van der Waals surface area contributed by atoms with Crippen molar-refractivity contribution in [1.82, 2.24) is 15.6 Å². The summed E-state index contributed by atoms with van der Waals surface area (Å²) in [4.78, 5) is 26.8. The van der Waals surface area contributed by atoms with Crippen LogP contribution >= 0.6 is 15.9 Å². The lowest BCUT2D eigenvalue weighted by Crippen LogP contribution is -2.34. The first kappa shape index (κ1) is 15.4. The molecule has 0 fully saturated rings. The molecule has 1 aromatic carbocycles. The fourth-order valence-corrected chi connectivity index (χ4v) is 2.52. The lowest BCUT2D eigenvalue weighted by atomic mass is 10.2. The first-order valence-corrected chi connectivity index (χ1v) is 7.81. The Kier molecular flexibility index (Phi) is 4.47. The number of hydrogen-bond donors (Lipinski definition) is 3. The standard InChI is InChI=1S/C16H14BrN3O3/c17-11-4-3-10-8-13(20-12(10)9-11)15(21)18-5-6-19-16(22)14-2-1-7-23-14/h1-4,7-9,20H,5-6H2,(H,18,21)(H,19,22). The van der Waals surface area contributed by atoms with Crippen molar-refractivity contribution in [2.75, 3.05) is 13.1 Å². The quantitative estimate of drug-likeness (QED) is 0.599. The molecule has 7 heteroatoms. The van der Waals surface area contributed by atoms with Crippen LogP contribution in [0.4, 0.5) is 0 Å². The van der Waals surface area contributed by atoms with Crippen LogP contribution in [0.5, 0.6) is 0 Å². The molecule has 0 radical (unpaired) electrons. The van der Waals surface area contributed by atoms with Crippen LogP contribution in [0.15, 0.2) is 51.6 Å². The van der Waals surface area contributed by atoms with Gasteiger partial charge in [-0.3, -0.25) is 9.59 Å². The Bertz CT molecular complexity index is 840. The van der Waals surface area contributed by atoms with Crippen LogP contribution < -0.4 is 10.6 Å². The number of rotatable bonds is 5. The summed E-state index contributed by atoms with van der Waals surface area (Å²) in [6.07, 6.45) is 1.44. The molecule has 0 saturated heterocycles. The van der Waals surface area contributed by atoms with Crippen molar-refractivity contribution in [3.05, 3.63) is 58.6 Å². The molecule has 2 heterocycles. The van der Waals surface area contributed by atoms with Crippen molar-refractivity contribution in [3.8, 4) is 0 Å². The van der Waals surface area contributed by atoms with Gasteiger partial charge in [-0.2, -0.15) is 0 Å². The van der Waals surface area contributed by atoms with Gasteiger partial charge in [-0.1, -0.05) is 22.0 Å². The second kappa shape index (κ2) is 6.70. The van der Waals surface area contributed by atoms with E-state index in [1.807, 2.05) is 18.2 Å². The van der Waals surface area contributed by atoms with E-state index in [0.29, 0.717) is 18.8 Å². The SMILES string of the molecule is O=C(NCCNC(=O)c1ccco1)c1cc2ccc(Br)cc2[nH]1. The van der Waals surface area contributed by atoms with Crippen LogP contribution in [0.3, 0.4) is 0 Å². The Morgan fingerprint density at radius 1 is 1.09 bits per heavy atom. The van der Waals surface area contributed by atoms with Crippen LogP contribution in [0.25, 0.3) is 10.9 Å². The van der Waals surface area contributed by atoms with Gasteiger partial charge in [-0.15, -0.1) is 0 Å². The molecular weight excluding hydrogens is 362 g/mol. The highest BCUT2D eigenvalue weighted by Crippen LogP contribution is 2.20. The van der Waals surface area contributed by atoms with E-state index in [4.69, 9.17) is 4.42 Å². The highest BCUT2D eigenvalue weighted by Gasteiger charge is 2.10. The molecule has 0 atom stereocenters. The van der Waals surface area contributed by atoms with Gasteiger partial charge in [0.15, 0.2) is 5.76 Å². The third kappa shape index (κ3) is 3.62. The molecule has 23 heavy (non-hydrogen) atoms. The number of carbonyl (C=O) groups excluding carboxylic acids is 2. The monoisotopic (exact) mass is 375 g/mol. The van der Waals surface area contributed by atoms with Crippen molar-refractivity contribution >= 4 is 38.6 Å². The molecule has 2 amide bonds. The first-order valence-electron chi connectivity index (χ1n) is 7.01. The van der Waals surface area contributed by atoms with Crippen LogP contribution in [-0.2, 0) is 0 Å². The van der Waals surface area contributed by atoms with Gasteiger partial charge in [-0.05, 0) is 30.3 Å². The third-order valence-electron chi connectivity index (χ3n) is 3.27. The van der Waals surface area contributed by atoms with Crippen molar-refractivity contribution in [1.29, 1.82) is 0 Å². The number of aromatic nitrogens is 1. The highest BCUT2D eigenvalue weighted by molar-refractivity contribution is 9.10. The summed E-state index contributed by atoms with van der Waals surface area (Å²) in [6.45, 7) is 0.640. The Balaban J connectivity index is 1.51. The van der Waals surface area contributed by atoms with Gasteiger partial charge < -0.3 is 20.0 Å². The zero-order chi connectivity index (χ0) is 16.2. The number of amides is 2. The zero-order valence-corrected chi connectivity index (χ0v) is 13.6. The highest BCUT2D eigenvalue weighted by atomic mass is 79.9. The first-order chi connectivity index (χ1) is 11.1. The van der Waals surface area contributed by atoms with Gasteiger partial charge in [0.1, 0.15) is 5.69 Å². The molecule has 6 nitrogen and oxygen atoms in total.